The number of rotatable bonds is 10. The van der Waals surface area contributed by atoms with Crippen molar-refractivity contribution in [3.8, 4) is 11.1 Å². The predicted octanol–water partition coefficient (Wildman–Crippen LogP) is 8.04. The van der Waals surface area contributed by atoms with Gasteiger partial charge in [0.25, 0.3) is 0 Å². The molecule has 1 aliphatic carbocycles. The van der Waals surface area contributed by atoms with Gasteiger partial charge in [-0.15, -0.1) is 0 Å². The summed E-state index contributed by atoms with van der Waals surface area (Å²) in [7, 11) is 0. The molecule has 0 atom stereocenters. The monoisotopic (exact) mass is 392 g/mol. The Balaban J connectivity index is 1.56. The van der Waals surface area contributed by atoms with Crippen LogP contribution < -0.4 is 0 Å². The van der Waals surface area contributed by atoms with Crippen molar-refractivity contribution < 1.29 is 0 Å². The van der Waals surface area contributed by atoms with E-state index >= 15 is 0 Å². The van der Waals surface area contributed by atoms with Crippen molar-refractivity contribution >= 4 is 0 Å². The molecule has 1 fully saturated rings. The van der Waals surface area contributed by atoms with Crippen molar-refractivity contribution in [3.05, 3.63) is 47.5 Å². The molecule has 0 aliphatic heterocycles. The fourth-order valence-corrected chi connectivity index (χ4v) is 4.86. The highest BCUT2D eigenvalue weighted by Crippen LogP contribution is 2.36. The number of aromatic nitrogens is 2. The number of benzene rings is 1. The summed E-state index contributed by atoms with van der Waals surface area (Å²) in [6, 6.07) is 6.89. The quantitative estimate of drug-likeness (QED) is 0.382. The molecule has 0 N–H and O–H groups in total. The van der Waals surface area contributed by atoms with Crippen LogP contribution in [-0.2, 0) is 6.42 Å². The maximum absolute atomic E-state index is 4.79. The highest BCUT2D eigenvalue weighted by molar-refractivity contribution is 5.66. The van der Waals surface area contributed by atoms with Gasteiger partial charge in [0.05, 0.1) is 0 Å². The summed E-state index contributed by atoms with van der Waals surface area (Å²) in [4.78, 5) is 9.58. The van der Waals surface area contributed by atoms with Crippen LogP contribution in [0.2, 0.25) is 0 Å². The van der Waals surface area contributed by atoms with Crippen LogP contribution in [-0.4, -0.2) is 9.97 Å². The second-order valence-electron chi connectivity index (χ2n) is 9.15. The van der Waals surface area contributed by atoms with Crippen LogP contribution in [0.4, 0.5) is 0 Å². The standard InChI is InChI=1S/C27H40N2/c1-4-6-8-10-22-12-15-24(16-13-22)27-28-19-25(20-29-27)26-17-14-23(18-21(26)3)11-9-7-5-2/h14,17-20,22,24H,4-13,15-16H2,1-3H3/t22-,24-. The molecule has 2 nitrogen and oxygen atoms in total. The Labute approximate surface area is 178 Å². The van der Waals surface area contributed by atoms with Gasteiger partial charge in [0.15, 0.2) is 0 Å². The van der Waals surface area contributed by atoms with E-state index in [0.29, 0.717) is 5.92 Å². The van der Waals surface area contributed by atoms with Crippen molar-refractivity contribution in [2.45, 2.75) is 104 Å². The Kier molecular flexibility index (Phi) is 8.70. The minimum absolute atomic E-state index is 0.563. The summed E-state index contributed by atoms with van der Waals surface area (Å²) < 4.78 is 0. The number of hydrogen-bond acceptors (Lipinski definition) is 2. The highest BCUT2D eigenvalue weighted by Gasteiger charge is 2.23. The summed E-state index contributed by atoms with van der Waals surface area (Å²) >= 11 is 0. The third-order valence-electron chi connectivity index (χ3n) is 6.77. The van der Waals surface area contributed by atoms with Gasteiger partial charge in [-0.05, 0) is 68.1 Å². The first-order valence-electron chi connectivity index (χ1n) is 12.1. The molecular formula is C27H40N2. The number of nitrogens with zero attached hydrogens (tertiary/aromatic N) is 2. The van der Waals surface area contributed by atoms with E-state index in [1.54, 1.807) is 0 Å². The maximum Gasteiger partial charge on any atom is 0.131 e. The second-order valence-corrected chi connectivity index (χ2v) is 9.15. The molecule has 0 spiro atoms. The van der Waals surface area contributed by atoms with Crippen LogP contribution in [0.3, 0.4) is 0 Å². The molecule has 1 aliphatic rings. The van der Waals surface area contributed by atoms with Gasteiger partial charge in [-0.25, -0.2) is 9.97 Å². The number of hydrogen-bond donors (Lipinski definition) is 0. The van der Waals surface area contributed by atoms with E-state index in [2.05, 4.69) is 51.4 Å². The Morgan fingerprint density at radius 3 is 2.21 bits per heavy atom. The zero-order chi connectivity index (χ0) is 20.5. The van der Waals surface area contributed by atoms with Gasteiger partial charge < -0.3 is 0 Å². The van der Waals surface area contributed by atoms with Crippen molar-refractivity contribution in [1.29, 1.82) is 0 Å². The van der Waals surface area contributed by atoms with Gasteiger partial charge in [-0.2, -0.15) is 0 Å². The highest BCUT2D eigenvalue weighted by atomic mass is 14.9. The summed E-state index contributed by atoms with van der Waals surface area (Å²) in [6.07, 6.45) is 20.0. The van der Waals surface area contributed by atoms with E-state index in [-0.39, 0.29) is 0 Å². The van der Waals surface area contributed by atoms with Gasteiger partial charge >= 0.3 is 0 Å². The lowest BCUT2D eigenvalue weighted by Crippen LogP contribution is -2.15. The molecule has 1 aromatic carbocycles. The molecular weight excluding hydrogens is 352 g/mol. The van der Waals surface area contributed by atoms with Crippen LogP contribution in [0.1, 0.15) is 107 Å². The molecule has 1 saturated carbocycles. The molecule has 2 heteroatoms. The molecule has 29 heavy (non-hydrogen) atoms. The van der Waals surface area contributed by atoms with Crippen LogP contribution in [0.25, 0.3) is 11.1 Å². The summed E-state index contributed by atoms with van der Waals surface area (Å²) in [5, 5.41) is 0. The zero-order valence-electron chi connectivity index (χ0n) is 18.9. The summed E-state index contributed by atoms with van der Waals surface area (Å²) in [5.41, 5.74) is 5.21. The predicted molar refractivity (Wildman–Crippen MR) is 124 cm³/mol. The Morgan fingerprint density at radius 2 is 1.55 bits per heavy atom. The molecule has 1 aromatic heterocycles. The Hall–Kier alpha value is -1.70. The molecule has 0 amide bonds. The van der Waals surface area contributed by atoms with Crippen LogP contribution in [0, 0.1) is 12.8 Å². The van der Waals surface area contributed by atoms with E-state index in [1.807, 2.05) is 0 Å². The van der Waals surface area contributed by atoms with Crippen LogP contribution in [0.5, 0.6) is 0 Å². The lowest BCUT2D eigenvalue weighted by Gasteiger charge is -2.27. The van der Waals surface area contributed by atoms with Gasteiger partial charge in [-0.1, -0.05) is 70.6 Å². The fourth-order valence-electron chi connectivity index (χ4n) is 4.86. The molecule has 0 bridgehead atoms. The largest absolute Gasteiger partial charge is 0.240 e. The first kappa shape index (κ1) is 22.0. The molecule has 0 unspecified atom stereocenters. The smallest absolute Gasteiger partial charge is 0.131 e. The lowest BCUT2D eigenvalue weighted by atomic mass is 9.79. The van der Waals surface area contributed by atoms with E-state index in [9.17, 15) is 0 Å². The molecule has 0 saturated heterocycles. The lowest BCUT2D eigenvalue weighted by molar-refractivity contribution is 0.297. The summed E-state index contributed by atoms with van der Waals surface area (Å²) in [5.74, 6) is 2.57. The molecule has 3 rings (SSSR count). The third kappa shape index (κ3) is 6.39. The fraction of sp³-hybridized carbons (Fsp3) is 0.630. The molecule has 0 radical (unpaired) electrons. The summed E-state index contributed by atoms with van der Waals surface area (Å²) in [6.45, 7) is 6.77. The second kappa shape index (κ2) is 11.5. The number of unbranched alkanes of at least 4 members (excludes halogenated alkanes) is 4. The average molecular weight is 393 g/mol. The average Bonchev–Trinajstić information content (AvgIpc) is 2.75. The van der Waals surface area contributed by atoms with Crippen molar-refractivity contribution in [2.75, 3.05) is 0 Å². The molecule has 2 aromatic rings. The van der Waals surface area contributed by atoms with E-state index in [1.165, 1.54) is 93.7 Å². The SMILES string of the molecule is CCCCCc1ccc(-c2cnc([C@H]3CC[C@H](CCCCC)CC3)nc2)c(C)c1. The normalized spacial score (nSPS) is 19.4. The molecule has 158 valence electrons. The topological polar surface area (TPSA) is 25.8 Å². The van der Waals surface area contributed by atoms with Gasteiger partial charge in [0.2, 0.25) is 0 Å². The van der Waals surface area contributed by atoms with Crippen molar-refractivity contribution in [1.82, 2.24) is 9.97 Å². The van der Waals surface area contributed by atoms with Gasteiger partial charge in [0, 0.05) is 23.9 Å². The number of aryl methyl sites for hydroxylation is 2. The minimum Gasteiger partial charge on any atom is -0.240 e. The zero-order valence-corrected chi connectivity index (χ0v) is 18.9. The van der Waals surface area contributed by atoms with Crippen molar-refractivity contribution in [2.24, 2.45) is 5.92 Å². The Morgan fingerprint density at radius 1 is 0.862 bits per heavy atom. The first-order chi connectivity index (χ1) is 14.2. The minimum atomic E-state index is 0.563. The first-order valence-corrected chi connectivity index (χ1v) is 12.1. The van der Waals surface area contributed by atoms with Crippen LogP contribution in [0.15, 0.2) is 30.6 Å². The molecule has 1 heterocycles. The van der Waals surface area contributed by atoms with Crippen molar-refractivity contribution in [3.63, 3.8) is 0 Å². The third-order valence-corrected chi connectivity index (χ3v) is 6.77. The Bertz CT molecular complexity index is 727. The van der Waals surface area contributed by atoms with E-state index in [4.69, 9.17) is 9.97 Å². The van der Waals surface area contributed by atoms with Gasteiger partial charge in [0.1, 0.15) is 5.82 Å². The van der Waals surface area contributed by atoms with E-state index in [0.717, 1.165) is 17.3 Å². The maximum atomic E-state index is 4.79. The van der Waals surface area contributed by atoms with Gasteiger partial charge in [-0.3, -0.25) is 0 Å². The van der Waals surface area contributed by atoms with E-state index < -0.39 is 0 Å². The van der Waals surface area contributed by atoms with Crippen LogP contribution >= 0.6 is 0 Å².